The number of benzene rings is 2. The van der Waals surface area contributed by atoms with Crippen LogP contribution in [0.15, 0.2) is 53.4 Å². The zero-order valence-corrected chi connectivity index (χ0v) is 21.2. The number of nitro benzene ring substituents is 1. The van der Waals surface area contributed by atoms with Crippen LogP contribution in [0.25, 0.3) is 16.0 Å². The van der Waals surface area contributed by atoms with Gasteiger partial charge in [-0.1, -0.05) is 40.6 Å². The van der Waals surface area contributed by atoms with Gasteiger partial charge in [0.1, 0.15) is 11.8 Å². The Morgan fingerprint density at radius 2 is 1.92 bits per heavy atom. The minimum atomic E-state index is -0.986. The average molecular weight is 562 g/mol. The van der Waals surface area contributed by atoms with E-state index in [1.54, 1.807) is 17.5 Å². The molecule has 13 heteroatoms. The van der Waals surface area contributed by atoms with E-state index in [4.69, 9.17) is 27.9 Å². The smallest absolute Gasteiger partial charge is 0.301 e. The monoisotopic (exact) mass is 561 g/mol. The van der Waals surface area contributed by atoms with Gasteiger partial charge >= 0.3 is 5.91 Å². The lowest BCUT2D eigenvalue weighted by Crippen LogP contribution is -2.28. The Kier molecular flexibility index (Phi) is 6.17. The molecule has 1 saturated heterocycles. The van der Waals surface area contributed by atoms with E-state index < -0.39 is 28.4 Å². The summed E-state index contributed by atoms with van der Waals surface area (Å²) in [6.45, 7) is 0. The number of methoxy groups -OCH3 is 1. The van der Waals surface area contributed by atoms with Gasteiger partial charge < -0.3 is 9.84 Å². The van der Waals surface area contributed by atoms with E-state index in [1.165, 1.54) is 53.7 Å². The molecule has 2 aromatic heterocycles. The molecule has 2 aromatic carbocycles. The van der Waals surface area contributed by atoms with Crippen LogP contribution in [0.5, 0.6) is 5.75 Å². The summed E-state index contributed by atoms with van der Waals surface area (Å²) in [5, 5.41) is 24.6. The van der Waals surface area contributed by atoms with Crippen LogP contribution in [0, 0.1) is 10.1 Å². The number of nitro groups is 1. The number of Topliss-reactive ketones (excluding diaryl/α,β-unsaturated/α-hetero) is 1. The summed E-state index contributed by atoms with van der Waals surface area (Å²) in [7, 11) is 1.39. The maximum Gasteiger partial charge on any atom is 0.301 e. The number of hydrogen-bond acceptors (Lipinski definition) is 9. The number of amides is 1. The second-order valence-corrected chi connectivity index (χ2v) is 10.4. The molecule has 1 aliphatic heterocycles. The van der Waals surface area contributed by atoms with Crippen molar-refractivity contribution in [3.8, 4) is 5.75 Å². The standard InChI is InChI=1S/C23H13Cl2N3O6S2/c1-34-21-12(24)7-10(8-13(21)25)19(29)17-18(15-3-2-6-35-15)27(22(31)20(17)30)23-26-14-5-4-11(28(32)33)9-16(14)36-23/h2-9,18,29H,1H3/b19-17+. The van der Waals surface area contributed by atoms with Crippen molar-refractivity contribution in [2.75, 3.05) is 12.0 Å². The Labute approximate surface area is 220 Å². The number of ether oxygens (including phenoxy) is 1. The van der Waals surface area contributed by atoms with Crippen molar-refractivity contribution in [1.29, 1.82) is 0 Å². The lowest BCUT2D eigenvalue weighted by atomic mass is 10.00. The lowest BCUT2D eigenvalue weighted by molar-refractivity contribution is -0.384. The first-order valence-corrected chi connectivity index (χ1v) is 12.6. The number of aliphatic hydroxyl groups is 1. The van der Waals surface area contributed by atoms with Crippen LogP contribution < -0.4 is 9.64 Å². The fraction of sp³-hybridized carbons (Fsp3) is 0.0870. The lowest BCUT2D eigenvalue weighted by Gasteiger charge is -2.21. The average Bonchev–Trinajstić information content (AvgIpc) is 3.56. The third kappa shape index (κ3) is 3.90. The van der Waals surface area contributed by atoms with Crippen LogP contribution in [-0.2, 0) is 9.59 Å². The number of aromatic nitrogens is 1. The van der Waals surface area contributed by atoms with Crippen LogP contribution in [-0.4, -0.2) is 33.8 Å². The first-order valence-electron chi connectivity index (χ1n) is 10.1. The Morgan fingerprint density at radius 1 is 1.19 bits per heavy atom. The molecule has 9 nitrogen and oxygen atoms in total. The molecular weight excluding hydrogens is 549 g/mol. The number of carbonyl (C=O) groups is 2. The molecule has 1 fully saturated rings. The van der Waals surface area contributed by atoms with Gasteiger partial charge in [-0.25, -0.2) is 4.98 Å². The SMILES string of the molecule is COc1c(Cl)cc(/C(O)=C2\C(=O)C(=O)N(c3nc4ccc([N+](=O)[O-])cc4s3)C2c2cccs2)cc1Cl. The van der Waals surface area contributed by atoms with Crippen molar-refractivity contribution >= 4 is 84.4 Å². The van der Waals surface area contributed by atoms with Gasteiger partial charge in [-0.2, -0.15) is 0 Å². The minimum Gasteiger partial charge on any atom is -0.507 e. The second kappa shape index (κ2) is 9.17. The van der Waals surface area contributed by atoms with Crippen LogP contribution in [0.3, 0.4) is 0 Å². The van der Waals surface area contributed by atoms with Crippen molar-refractivity contribution in [2.45, 2.75) is 6.04 Å². The summed E-state index contributed by atoms with van der Waals surface area (Å²) in [6, 6.07) is 9.42. The number of non-ortho nitro benzene ring substituents is 1. The summed E-state index contributed by atoms with van der Waals surface area (Å²) >= 11 is 14.8. The molecule has 3 heterocycles. The Hall–Kier alpha value is -3.51. The zero-order chi connectivity index (χ0) is 25.7. The number of thiazole rings is 1. The fourth-order valence-corrected chi connectivity index (χ4v) is 6.40. The number of hydrogen-bond donors (Lipinski definition) is 1. The van der Waals surface area contributed by atoms with Gasteiger partial charge in [0.15, 0.2) is 10.9 Å². The maximum absolute atomic E-state index is 13.3. The number of halogens is 2. The van der Waals surface area contributed by atoms with Crippen molar-refractivity contribution in [1.82, 2.24) is 4.98 Å². The number of aliphatic hydroxyl groups excluding tert-OH is 1. The first kappa shape index (κ1) is 24.2. The van der Waals surface area contributed by atoms with Crippen molar-refractivity contribution in [2.24, 2.45) is 0 Å². The van der Waals surface area contributed by atoms with Crippen LogP contribution in [0.2, 0.25) is 10.0 Å². The van der Waals surface area contributed by atoms with E-state index in [2.05, 4.69) is 4.98 Å². The third-order valence-electron chi connectivity index (χ3n) is 5.51. The molecule has 36 heavy (non-hydrogen) atoms. The van der Waals surface area contributed by atoms with Gasteiger partial charge in [0.2, 0.25) is 0 Å². The number of fused-ring (bicyclic) bond motifs is 1. The van der Waals surface area contributed by atoms with E-state index in [0.29, 0.717) is 15.1 Å². The topological polar surface area (TPSA) is 123 Å². The van der Waals surface area contributed by atoms with Crippen molar-refractivity contribution in [3.63, 3.8) is 0 Å². The summed E-state index contributed by atoms with van der Waals surface area (Å²) < 4.78 is 5.61. The molecule has 5 rings (SSSR count). The molecule has 1 atom stereocenters. The molecule has 4 aromatic rings. The molecular formula is C23H13Cl2N3O6S2. The number of anilines is 1. The highest BCUT2D eigenvalue weighted by atomic mass is 35.5. The van der Waals surface area contributed by atoms with E-state index in [0.717, 1.165) is 11.3 Å². The normalized spacial score (nSPS) is 17.2. The Balaban J connectivity index is 1.69. The first-order chi connectivity index (χ1) is 17.2. The van der Waals surface area contributed by atoms with E-state index in [-0.39, 0.29) is 37.8 Å². The van der Waals surface area contributed by atoms with Gasteiger partial charge in [0.25, 0.3) is 11.5 Å². The molecule has 1 unspecified atom stereocenters. The van der Waals surface area contributed by atoms with Crippen LogP contribution >= 0.6 is 45.9 Å². The molecule has 0 spiro atoms. The quantitative estimate of drug-likeness (QED) is 0.101. The predicted octanol–water partition coefficient (Wildman–Crippen LogP) is 6.21. The summed E-state index contributed by atoms with van der Waals surface area (Å²) in [4.78, 5) is 43.4. The Bertz CT molecular complexity index is 1580. The molecule has 0 radical (unpaired) electrons. The number of ketones is 1. The highest BCUT2D eigenvalue weighted by Gasteiger charge is 2.48. The van der Waals surface area contributed by atoms with E-state index in [9.17, 15) is 24.8 Å². The maximum atomic E-state index is 13.3. The molecule has 182 valence electrons. The van der Waals surface area contributed by atoms with Gasteiger partial charge in [0.05, 0.1) is 37.9 Å². The van der Waals surface area contributed by atoms with Crippen LogP contribution in [0.4, 0.5) is 10.8 Å². The molecule has 1 amide bonds. The van der Waals surface area contributed by atoms with E-state index >= 15 is 0 Å². The highest BCUT2D eigenvalue weighted by Crippen LogP contribution is 2.46. The van der Waals surface area contributed by atoms with Gasteiger partial charge in [-0.15, -0.1) is 11.3 Å². The number of thiophene rings is 1. The zero-order valence-electron chi connectivity index (χ0n) is 18.1. The molecule has 1 N–H and O–H groups in total. The van der Waals surface area contributed by atoms with Gasteiger partial charge in [-0.05, 0) is 29.6 Å². The summed E-state index contributed by atoms with van der Waals surface area (Å²) in [6.07, 6.45) is 0. The number of carbonyl (C=O) groups excluding carboxylic acids is 2. The summed E-state index contributed by atoms with van der Waals surface area (Å²) in [5.41, 5.74) is 0.277. The predicted molar refractivity (Wildman–Crippen MR) is 138 cm³/mol. The molecule has 0 saturated carbocycles. The van der Waals surface area contributed by atoms with Gasteiger partial charge in [0, 0.05) is 22.6 Å². The highest BCUT2D eigenvalue weighted by molar-refractivity contribution is 7.22. The molecule has 0 bridgehead atoms. The second-order valence-electron chi connectivity index (χ2n) is 7.56. The van der Waals surface area contributed by atoms with Gasteiger partial charge in [-0.3, -0.25) is 24.6 Å². The largest absolute Gasteiger partial charge is 0.507 e. The summed E-state index contributed by atoms with van der Waals surface area (Å²) in [5.74, 6) is -2.07. The third-order valence-corrected chi connectivity index (χ3v) is 8.01. The number of nitrogens with zero attached hydrogens (tertiary/aromatic N) is 3. The minimum absolute atomic E-state index is 0.112. The van der Waals surface area contributed by atoms with Crippen molar-refractivity contribution in [3.05, 3.63) is 84.0 Å². The van der Waals surface area contributed by atoms with Crippen LogP contribution in [0.1, 0.15) is 16.5 Å². The van der Waals surface area contributed by atoms with E-state index in [1.807, 2.05) is 0 Å². The van der Waals surface area contributed by atoms with Crippen molar-refractivity contribution < 1.29 is 24.4 Å². The fourth-order valence-electron chi connectivity index (χ4n) is 3.91. The number of rotatable bonds is 5. The Morgan fingerprint density at radius 3 is 2.53 bits per heavy atom. The molecule has 0 aliphatic carbocycles. The molecule has 1 aliphatic rings.